The Morgan fingerprint density at radius 1 is 1.26 bits per heavy atom. The molecular weight excluding hydrogens is 402 g/mol. The number of nitrogens with one attached hydrogen (secondary N) is 1. The first-order valence-electron chi connectivity index (χ1n) is 9.48. The van der Waals surface area contributed by atoms with E-state index in [1.54, 1.807) is 6.07 Å². The van der Waals surface area contributed by atoms with Crippen molar-refractivity contribution in [2.75, 3.05) is 6.54 Å². The van der Waals surface area contributed by atoms with E-state index in [0.29, 0.717) is 24.2 Å². The normalized spacial score (nSPS) is 10.6. The van der Waals surface area contributed by atoms with E-state index < -0.39 is 10.9 Å². The van der Waals surface area contributed by atoms with Crippen LogP contribution < -0.4 is 11.3 Å². The van der Waals surface area contributed by atoms with Crippen molar-refractivity contribution >= 4 is 33.6 Å². The first kappa shape index (κ1) is 21.7. The zero-order valence-corrected chi connectivity index (χ0v) is 16.7. The summed E-state index contributed by atoms with van der Waals surface area (Å²) in [6.45, 7) is 2.35. The first-order chi connectivity index (χ1) is 14.8. The Labute approximate surface area is 176 Å². The van der Waals surface area contributed by atoms with Gasteiger partial charge in [0.15, 0.2) is 5.52 Å². The number of non-ortho nitro benzene ring substituents is 1. The zero-order valence-electron chi connectivity index (χ0n) is 16.7. The van der Waals surface area contributed by atoms with Gasteiger partial charge in [0.05, 0.1) is 10.4 Å². The molecule has 0 radical (unpaired) electrons. The molecule has 0 bridgehead atoms. The second-order valence-electron chi connectivity index (χ2n) is 6.76. The molecule has 0 saturated heterocycles. The number of fused-ring (bicyclic) bond motifs is 2. The molecule has 0 spiro atoms. The molecule has 10 nitrogen and oxygen atoms in total. The summed E-state index contributed by atoms with van der Waals surface area (Å²) in [7, 11) is 0. The molecule has 160 valence electrons. The Hall–Kier alpha value is -4.05. The zero-order chi connectivity index (χ0) is 22.5. The van der Waals surface area contributed by atoms with E-state index in [9.17, 15) is 14.9 Å². The minimum Gasteiger partial charge on any atom is -0.481 e. The standard InChI is InChI=1S/C19H17N5O3.C2H4O2/c20-9-4-10-23-11-13(12-5-1-2-7-15(12)23)17-19(25)21-14-6-3-8-16(24(26)27)18(14)22-17;1-2(3)4/h1-3,5-8,11H,4,9-10,20H2,(H,21,25);1H3,(H,3,4). The summed E-state index contributed by atoms with van der Waals surface area (Å²) in [5, 5.41) is 19.6. The Morgan fingerprint density at radius 2 is 1.97 bits per heavy atom. The molecule has 4 aromatic rings. The molecule has 2 aromatic carbocycles. The molecule has 0 fully saturated rings. The number of H-pyrrole nitrogens is 1. The minimum atomic E-state index is -0.833. The monoisotopic (exact) mass is 423 g/mol. The van der Waals surface area contributed by atoms with E-state index in [2.05, 4.69) is 9.97 Å². The number of hydrogen-bond acceptors (Lipinski definition) is 6. The van der Waals surface area contributed by atoms with Gasteiger partial charge in [0.2, 0.25) is 0 Å². The number of benzene rings is 2. The first-order valence-corrected chi connectivity index (χ1v) is 9.48. The fourth-order valence-corrected chi connectivity index (χ4v) is 3.31. The van der Waals surface area contributed by atoms with Gasteiger partial charge in [-0.1, -0.05) is 24.3 Å². The molecular formula is C21H21N5O5. The number of nitro benzene ring substituents is 1. The Balaban J connectivity index is 0.000000628. The van der Waals surface area contributed by atoms with Crippen LogP contribution in [-0.4, -0.2) is 37.1 Å². The van der Waals surface area contributed by atoms with Crippen LogP contribution in [0.25, 0.3) is 33.2 Å². The molecule has 0 aliphatic heterocycles. The van der Waals surface area contributed by atoms with Gasteiger partial charge in [0.1, 0.15) is 5.69 Å². The molecule has 4 rings (SSSR count). The number of carboxylic acids is 1. The van der Waals surface area contributed by atoms with E-state index in [0.717, 1.165) is 24.2 Å². The lowest BCUT2D eigenvalue weighted by Gasteiger charge is -2.03. The number of para-hydroxylation sites is 2. The molecule has 0 saturated carbocycles. The van der Waals surface area contributed by atoms with Crippen molar-refractivity contribution in [1.29, 1.82) is 0 Å². The minimum absolute atomic E-state index is 0.142. The van der Waals surface area contributed by atoms with Crippen molar-refractivity contribution in [1.82, 2.24) is 14.5 Å². The maximum atomic E-state index is 12.7. The summed E-state index contributed by atoms with van der Waals surface area (Å²) >= 11 is 0. The maximum absolute atomic E-state index is 12.7. The molecule has 2 aromatic heterocycles. The quantitative estimate of drug-likeness (QED) is 0.329. The number of aromatic amines is 1. The molecule has 0 amide bonds. The summed E-state index contributed by atoms with van der Waals surface area (Å²) in [6.07, 6.45) is 2.66. The number of aromatic nitrogens is 3. The number of aliphatic carboxylic acids is 1. The molecule has 0 unspecified atom stereocenters. The molecule has 10 heteroatoms. The molecule has 4 N–H and O–H groups in total. The van der Waals surface area contributed by atoms with Crippen molar-refractivity contribution in [2.24, 2.45) is 5.73 Å². The van der Waals surface area contributed by atoms with Crippen LogP contribution in [0.2, 0.25) is 0 Å². The van der Waals surface area contributed by atoms with E-state index in [-0.39, 0.29) is 22.5 Å². The van der Waals surface area contributed by atoms with Crippen LogP contribution in [-0.2, 0) is 11.3 Å². The lowest BCUT2D eigenvalue weighted by Crippen LogP contribution is -2.12. The Morgan fingerprint density at radius 3 is 2.65 bits per heavy atom. The van der Waals surface area contributed by atoms with Crippen LogP contribution in [0.4, 0.5) is 5.69 Å². The number of aryl methyl sites for hydroxylation is 1. The van der Waals surface area contributed by atoms with Gasteiger partial charge >= 0.3 is 0 Å². The number of hydrogen-bond donors (Lipinski definition) is 3. The van der Waals surface area contributed by atoms with Crippen LogP contribution >= 0.6 is 0 Å². The van der Waals surface area contributed by atoms with E-state index in [4.69, 9.17) is 15.6 Å². The Bertz CT molecular complexity index is 1320. The molecule has 0 aliphatic rings. The summed E-state index contributed by atoms with van der Waals surface area (Å²) in [5.74, 6) is -0.833. The fourth-order valence-electron chi connectivity index (χ4n) is 3.31. The van der Waals surface area contributed by atoms with Crippen LogP contribution in [0.5, 0.6) is 0 Å². The third kappa shape index (κ3) is 4.59. The topological polar surface area (TPSA) is 157 Å². The van der Waals surface area contributed by atoms with E-state index >= 15 is 0 Å². The van der Waals surface area contributed by atoms with Gasteiger partial charge in [-0.25, -0.2) is 4.98 Å². The largest absolute Gasteiger partial charge is 0.481 e. The van der Waals surface area contributed by atoms with Gasteiger partial charge in [0.25, 0.3) is 17.2 Å². The van der Waals surface area contributed by atoms with Gasteiger partial charge < -0.3 is 20.4 Å². The predicted molar refractivity (Wildman–Crippen MR) is 117 cm³/mol. The van der Waals surface area contributed by atoms with Crippen LogP contribution in [0.15, 0.2) is 53.5 Å². The summed E-state index contributed by atoms with van der Waals surface area (Å²) in [5.41, 5.74) is 7.37. The predicted octanol–water partition coefficient (Wildman–Crippen LogP) is 2.89. The molecule has 31 heavy (non-hydrogen) atoms. The number of nitrogens with zero attached hydrogens (tertiary/aromatic N) is 3. The fraction of sp³-hybridized carbons (Fsp3) is 0.190. The highest BCUT2D eigenvalue weighted by atomic mass is 16.6. The molecule has 0 atom stereocenters. The number of carboxylic acid groups (broad SMARTS) is 1. The van der Waals surface area contributed by atoms with Crippen LogP contribution in [0, 0.1) is 10.1 Å². The van der Waals surface area contributed by atoms with Crippen molar-refractivity contribution < 1.29 is 14.8 Å². The van der Waals surface area contributed by atoms with Crippen molar-refractivity contribution in [3.8, 4) is 11.3 Å². The van der Waals surface area contributed by atoms with Crippen molar-refractivity contribution in [3.05, 3.63) is 69.1 Å². The number of nitrogens with two attached hydrogens (primary N) is 1. The highest BCUT2D eigenvalue weighted by Gasteiger charge is 2.19. The van der Waals surface area contributed by atoms with Crippen LogP contribution in [0.3, 0.4) is 0 Å². The number of carbonyl (C=O) groups is 1. The summed E-state index contributed by atoms with van der Waals surface area (Å²) < 4.78 is 2.03. The van der Waals surface area contributed by atoms with E-state index in [1.807, 2.05) is 35.0 Å². The number of nitro groups is 1. The third-order valence-corrected chi connectivity index (χ3v) is 4.55. The van der Waals surface area contributed by atoms with Gasteiger partial charge in [-0.2, -0.15) is 0 Å². The lowest BCUT2D eigenvalue weighted by atomic mass is 10.1. The van der Waals surface area contributed by atoms with Crippen molar-refractivity contribution in [2.45, 2.75) is 19.9 Å². The van der Waals surface area contributed by atoms with Gasteiger partial charge in [-0.15, -0.1) is 0 Å². The van der Waals surface area contributed by atoms with Crippen molar-refractivity contribution in [3.63, 3.8) is 0 Å². The van der Waals surface area contributed by atoms with Crippen LogP contribution in [0.1, 0.15) is 13.3 Å². The number of rotatable bonds is 5. The van der Waals surface area contributed by atoms with E-state index in [1.165, 1.54) is 12.1 Å². The smallest absolute Gasteiger partial charge is 0.300 e. The van der Waals surface area contributed by atoms with Gasteiger partial charge in [-0.3, -0.25) is 19.7 Å². The van der Waals surface area contributed by atoms with Gasteiger partial charge in [-0.05, 0) is 25.1 Å². The highest BCUT2D eigenvalue weighted by molar-refractivity contribution is 5.96. The SMILES string of the molecule is CC(=O)O.NCCCn1cc(-c2nc3c([N+](=O)[O-])cccc3[nH]c2=O)c2ccccc21. The molecule has 0 aliphatic carbocycles. The summed E-state index contributed by atoms with van der Waals surface area (Å²) in [4.78, 5) is 39.6. The average Bonchev–Trinajstić information content (AvgIpc) is 3.09. The maximum Gasteiger partial charge on any atom is 0.300 e. The second kappa shape index (κ2) is 9.18. The van der Waals surface area contributed by atoms with Gasteiger partial charge in [0, 0.05) is 42.2 Å². The molecule has 2 heterocycles. The Kier molecular flexibility index (Phi) is 6.41. The second-order valence-corrected chi connectivity index (χ2v) is 6.76. The summed E-state index contributed by atoms with van der Waals surface area (Å²) in [6, 6.07) is 12.2. The third-order valence-electron chi connectivity index (χ3n) is 4.55. The lowest BCUT2D eigenvalue weighted by molar-refractivity contribution is -0.383. The average molecular weight is 423 g/mol. The highest BCUT2D eigenvalue weighted by Crippen LogP contribution is 2.30.